The van der Waals surface area contributed by atoms with Crippen LogP contribution in [0.5, 0.6) is 5.75 Å². The standard InChI is InChI=1S/C28H23F7O/c1-3-5-6-17-9-7-16(15-21(17)29)8-10-18-11-12-19-20-13-14-22(36-4-2)26(31)24(20)28(34,35)27(32,33)23(19)25(18)30/h3,7,9,11-15H,1,4-6,8,10H2,2H3. The van der Waals surface area contributed by atoms with Gasteiger partial charge in [-0.2, -0.15) is 17.6 Å². The number of hydrogen-bond acceptors (Lipinski definition) is 1. The van der Waals surface area contributed by atoms with Gasteiger partial charge in [-0.3, -0.25) is 0 Å². The van der Waals surface area contributed by atoms with Gasteiger partial charge in [-0.05, 0) is 78.6 Å². The van der Waals surface area contributed by atoms with Gasteiger partial charge in [-0.15, -0.1) is 6.58 Å². The van der Waals surface area contributed by atoms with E-state index in [-0.39, 0.29) is 25.0 Å². The Hall–Kier alpha value is -3.29. The molecule has 0 aromatic heterocycles. The zero-order valence-corrected chi connectivity index (χ0v) is 19.4. The molecular weight excluding hydrogens is 485 g/mol. The average Bonchev–Trinajstić information content (AvgIpc) is 2.82. The zero-order chi connectivity index (χ0) is 26.3. The van der Waals surface area contributed by atoms with Gasteiger partial charge in [-0.1, -0.05) is 30.3 Å². The predicted octanol–water partition coefficient (Wildman–Crippen LogP) is 8.27. The van der Waals surface area contributed by atoms with Crippen molar-refractivity contribution in [3.05, 3.63) is 100 Å². The van der Waals surface area contributed by atoms with E-state index in [0.717, 1.165) is 18.2 Å². The van der Waals surface area contributed by atoms with Crippen molar-refractivity contribution >= 4 is 0 Å². The number of ether oxygens (including phenoxy) is 1. The van der Waals surface area contributed by atoms with E-state index in [9.17, 15) is 8.78 Å². The lowest BCUT2D eigenvalue weighted by molar-refractivity contribution is -0.228. The van der Waals surface area contributed by atoms with Crippen molar-refractivity contribution in [3.8, 4) is 16.9 Å². The van der Waals surface area contributed by atoms with Crippen LogP contribution in [0.25, 0.3) is 11.1 Å². The number of rotatable bonds is 8. The molecule has 0 aliphatic heterocycles. The van der Waals surface area contributed by atoms with Crippen molar-refractivity contribution < 1.29 is 35.5 Å². The fourth-order valence-corrected chi connectivity index (χ4v) is 4.50. The molecule has 0 spiro atoms. The molecule has 0 unspecified atom stereocenters. The maximum absolute atomic E-state index is 15.4. The molecule has 0 amide bonds. The van der Waals surface area contributed by atoms with Gasteiger partial charge in [0.25, 0.3) is 0 Å². The van der Waals surface area contributed by atoms with Gasteiger partial charge in [0.2, 0.25) is 0 Å². The van der Waals surface area contributed by atoms with Crippen LogP contribution in [0.15, 0.2) is 55.1 Å². The SMILES string of the molecule is C=CCCc1ccc(CCc2ccc3c(c2F)C(F)(F)C(F)(F)c2c-3ccc(OCC)c2F)cc1F. The van der Waals surface area contributed by atoms with Crippen LogP contribution in [-0.2, 0) is 31.1 Å². The van der Waals surface area contributed by atoms with Gasteiger partial charge in [0.05, 0.1) is 17.7 Å². The maximum Gasteiger partial charge on any atom is 0.343 e. The monoisotopic (exact) mass is 508 g/mol. The van der Waals surface area contributed by atoms with Crippen LogP contribution in [-0.4, -0.2) is 6.61 Å². The van der Waals surface area contributed by atoms with Gasteiger partial charge in [0.1, 0.15) is 11.6 Å². The van der Waals surface area contributed by atoms with E-state index in [4.69, 9.17) is 4.74 Å². The minimum atomic E-state index is -5.02. The number of allylic oxidation sites excluding steroid dienone is 1. The summed E-state index contributed by atoms with van der Waals surface area (Å²) < 4.78 is 110. The Bertz CT molecular complexity index is 1310. The Balaban J connectivity index is 1.72. The summed E-state index contributed by atoms with van der Waals surface area (Å²) in [4.78, 5) is 0. The van der Waals surface area contributed by atoms with Crippen molar-refractivity contribution in [1.82, 2.24) is 0 Å². The van der Waals surface area contributed by atoms with Crippen LogP contribution in [0.2, 0.25) is 0 Å². The van der Waals surface area contributed by atoms with Crippen LogP contribution >= 0.6 is 0 Å². The smallest absolute Gasteiger partial charge is 0.343 e. The van der Waals surface area contributed by atoms with E-state index in [1.165, 1.54) is 19.1 Å². The first-order valence-corrected chi connectivity index (χ1v) is 11.5. The normalized spacial score (nSPS) is 15.2. The summed E-state index contributed by atoms with van der Waals surface area (Å²) in [5.74, 6) is -14.2. The molecule has 4 rings (SSSR count). The highest BCUT2D eigenvalue weighted by atomic mass is 19.3. The van der Waals surface area contributed by atoms with Gasteiger partial charge in [-0.25, -0.2) is 13.2 Å². The molecule has 0 N–H and O–H groups in total. The third kappa shape index (κ3) is 4.16. The van der Waals surface area contributed by atoms with E-state index in [2.05, 4.69) is 6.58 Å². The number of aryl methyl sites for hydroxylation is 3. The quantitative estimate of drug-likeness (QED) is 0.220. The first kappa shape index (κ1) is 25.8. The summed E-state index contributed by atoms with van der Waals surface area (Å²) >= 11 is 0. The molecule has 8 heteroatoms. The third-order valence-corrected chi connectivity index (χ3v) is 6.36. The van der Waals surface area contributed by atoms with Gasteiger partial charge in [0, 0.05) is 0 Å². The van der Waals surface area contributed by atoms with Crippen molar-refractivity contribution in [2.75, 3.05) is 6.61 Å². The number of benzene rings is 3. The lowest BCUT2D eigenvalue weighted by Gasteiger charge is -2.35. The molecule has 0 heterocycles. The molecule has 0 fully saturated rings. The first-order valence-electron chi connectivity index (χ1n) is 11.5. The highest BCUT2D eigenvalue weighted by molar-refractivity contribution is 5.77. The van der Waals surface area contributed by atoms with Crippen molar-refractivity contribution in [2.45, 2.75) is 44.5 Å². The molecule has 190 valence electrons. The highest BCUT2D eigenvalue weighted by Crippen LogP contribution is 2.60. The van der Waals surface area contributed by atoms with Gasteiger partial charge in [0.15, 0.2) is 11.6 Å². The molecular formula is C28H23F7O. The molecule has 1 aliphatic carbocycles. The Labute approximate surface area is 204 Å². The van der Waals surface area contributed by atoms with Crippen LogP contribution in [0.3, 0.4) is 0 Å². The van der Waals surface area contributed by atoms with E-state index in [1.807, 2.05) is 0 Å². The van der Waals surface area contributed by atoms with Gasteiger partial charge < -0.3 is 4.74 Å². The van der Waals surface area contributed by atoms with Crippen LogP contribution < -0.4 is 4.74 Å². The van der Waals surface area contributed by atoms with Crippen molar-refractivity contribution in [1.29, 1.82) is 0 Å². The Morgan fingerprint density at radius 1 is 0.778 bits per heavy atom. The van der Waals surface area contributed by atoms with Gasteiger partial charge >= 0.3 is 11.8 Å². The zero-order valence-electron chi connectivity index (χ0n) is 19.4. The predicted molar refractivity (Wildman–Crippen MR) is 123 cm³/mol. The molecule has 0 saturated carbocycles. The van der Waals surface area contributed by atoms with E-state index in [0.29, 0.717) is 24.0 Å². The molecule has 0 radical (unpaired) electrons. The molecule has 3 aromatic rings. The minimum Gasteiger partial charge on any atom is -0.491 e. The second-order valence-corrected chi connectivity index (χ2v) is 8.60. The fraction of sp³-hybridized carbons (Fsp3) is 0.286. The summed E-state index contributed by atoms with van der Waals surface area (Å²) in [5.41, 5.74) is -3.28. The summed E-state index contributed by atoms with van der Waals surface area (Å²) in [6.07, 6.45) is 2.69. The van der Waals surface area contributed by atoms with Crippen molar-refractivity contribution in [2.24, 2.45) is 0 Å². The van der Waals surface area contributed by atoms with E-state index < -0.39 is 57.3 Å². The lowest BCUT2D eigenvalue weighted by atomic mass is 9.78. The largest absolute Gasteiger partial charge is 0.491 e. The van der Waals surface area contributed by atoms with Crippen LogP contribution in [0.1, 0.15) is 41.2 Å². The molecule has 1 aliphatic rings. The Morgan fingerprint density at radius 2 is 1.39 bits per heavy atom. The summed E-state index contributed by atoms with van der Waals surface area (Å²) in [6.45, 7) is 5.02. The topological polar surface area (TPSA) is 9.23 Å². The first-order chi connectivity index (χ1) is 17.0. The molecule has 1 nitrogen and oxygen atoms in total. The molecule has 3 aromatic carbocycles. The number of halogens is 7. The third-order valence-electron chi connectivity index (χ3n) is 6.36. The second kappa shape index (κ2) is 9.64. The van der Waals surface area contributed by atoms with Crippen molar-refractivity contribution in [3.63, 3.8) is 0 Å². The lowest BCUT2D eigenvalue weighted by Crippen LogP contribution is -2.41. The molecule has 0 saturated heterocycles. The van der Waals surface area contributed by atoms with Crippen LogP contribution in [0.4, 0.5) is 30.7 Å². The van der Waals surface area contributed by atoms with E-state index >= 15 is 22.0 Å². The Kier molecular flexibility index (Phi) is 6.90. The summed E-state index contributed by atoms with van der Waals surface area (Å²) in [7, 11) is 0. The summed E-state index contributed by atoms with van der Waals surface area (Å²) in [5, 5.41) is 0. The Morgan fingerprint density at radius 3 is 2.00 bits per heavy atom. The number of alkyl halides is 4. The molecule has 36 heavy (non-hydrogen) atoms. The second-order valence-electron chi connectivity index (χ2n) is 8.60. The fourth-order valence-electron chi connectivity index (χ4n) is 4.50. The summed E-state index contributed by atoms with van der Waals surface area (Å²) in [6, 6.07) is 8.91. The molecule has 0 bridgehead atoms. The number of fused-ring (bicyclic) bond motifs is 3. The average molecular weight is 508 g/mol. The minimum absolute atomic E-state index is 0.0618. The van der Waals surface area contributed by atoms with E-state index in [1.54, 1.807) is 18.2 Å². The van der Waals surface area contributed by atoms with Crippen LogP contribution in [0, 0.1) is 17.5 Å². The number of hydrogen-bond donors (Lipinski definition) is 0. The molecule has 0 atom stereocenters. The highest BCUT2D eigenvalue weighted by Gasteiger charge is 2.65. The maximum atomic E-state index is 15.4.